The average molecular weight is 357 g/mol. The average Bonchev–Trinajstić information content (AvgIpc) is 2.28. The Hall–Kier alpha value is -0.320. The highest BCUT2D eigenvalue weighted by molar-refractivity contribution is 9.12. The van der Waals surface area contributed by atoms with E-state index in [4.69, 9.17) is 4.99 Å². The lowest BCUT2D eigenvalue weighted by molar-refractivity contribution is 1.29. The van der Waals surface area contributed by atoms with Gasteiger partial charge in [-0.15, -0.1) is 0 Å². The van der Waals surface area contributed by atoms with Crippen molar-refractivity contribution >= 4 is 55.0 Å². The summed E-state index contributed by atoms with van der Waals surface area (Å²) in [6, 6.07) is 6.14. The minimum atomic E-state index is 0.908. The number of nitrogens with zero attached hydrogens (tertiary/aromatic N) is 1. The largest absolute Gasteiger partial charge is 0.251 e. The highest BCUT2D eigenvalue weighted by Gasteiger charge is 2.21. The molecule has 1 aromatic rings. The van der Waals surface area contributed by atoms with Crippen LogP contribution in [0.5, 0.6) is 0 Å². The van der Waals surface area contributed by atoms with Crippen LogP contribution in [0.4, 0.5) is 5.69 Å². The van der Waals surface area contributed by atoms with Crippen molar-refractivity contribution in [2.45, 2.75) is 11.3 Å². The molecule has 4 heteroatoms. The van der Waals surface area contributed by atoms with Gasteiger partial charge in [0.05, 0.1) is 16.3 Å². The van der Waals surface area contributed by atoms with Crippen LogP contribution in [0.25, 0.3) is 0 Å². The molecular formula is C12H7Br2NS. The molecule has 1 heterocycles. The molecule has 2 aliphatic rings. The van der Waals surface area contributed by atoms with Crippen LogP contribution in [-0.2, 0) is 0 Å². The normalized spacial score (nSPS) is 18.0. The lowest BCUT2D eigenvalue weighted by atomic mass is 10.1. The second-order valence-electron chi connectivity index (χ2n) is 3.55. The molecule has 0 saturated heterocycles. The molecule has 0 atom stereocenters. The van der Waals surface area contributed by atoms with E-state index >= 15 is 0 Å². The summed E-state index contributed by atoms with van der Waals surface area (Å²) in [5.41, 5.74) is 2.23. The topological polar surface area (TPSA) is 12.4 Å². The first-order valence-electron chi connectivity index (χ1n) is 4.86. The van der Waals surface area contributed by atoms with Crippen LogP contribution in [0.3, 0.4) is 0 Å². The molecule has 0 radical (unpaired) electrons. The summed E-state index contributed by atoms with van der Waals surface area (Å²) in [5.74, 6) is 0. The summed E-state index contributed by atoms with van der Waals surface area (Å²) >= 11 is 8.87. The zero-order chi connectivity index (χ0) is 11.1. The van der Waals surface area contributed by atoms with Crippen LogP contribution in [0, 0.1) is 0 Å². The number of allylic oxidation sites excluding steroid dienone is 4. The van der Waals surface area contributed by atoms with E-state index < -0.39 is 0 Å². The van der Waals surface area contributed by atoms with Crippen LogP contribution in [0.1, 0.15) is 6.42 Å². The fourth-order valence-electron chi connectivity index (χ4n) is 1.69. The van der Waals surface area contributed by atoms with E-state index in [-0.39, 0.29) is 0 Å². The van der Waals surface area contributed by atoms with E-state index in [1.165, 1.54) is 15.5 Å². The third-order valence-electron chi connectivity index (χ3n) is 2.46. The van der Waals surface area contributed by atoms with Crippen molar-refractivity contribution in [2.75, 3.05) is 0 Å². The lowest BCUT2D eigenvalue weighted by Gasteiger charge is -2.20. The number of rotatable bonds is 0. The summed E-state index contributed by atoms with van der Waals surface area (Å²) in [6.07, 6.45) is 5.19. The van der Waals surface area contributed by atoms with Gasteiger partial charge in [0.15, 0.2) is 0 Å². The Morgan fingerprint density at radius 3 is 3.00 bits per heavy atom. The smallest absolute Gasteiger partial charge is 0.0784 e. The standard InChI is InChI=1S/C12H7Br2NS/c13-7-4-5-9-11(6-7)16-12-8(14)2-1-3-10(12)15-9/h1-4,6H,5H2. The number of thioether (sulfide) groups is 1. The van der Waals surface area contributed by atoms with E-state index in [0.717, 1.165) is 21.1 Å². The molecule has 80 valence electrons. The van der Waals surface area contributed by atoms with Gasteiger partial charge in [-0.05, 0) is 34.1 Å². The molecule has 1 aliphatic heterocycles. The van der Waals surface area contributed by atoms with Crippen LogP contribution in [0.15, 0.2) is 54.1 Å². The Morgan fingerprint density at radius 1 is 1.25 bits per heavy atom. The third kappa shape index (κ3) is 1.83. The molecule has 1 nitrogen and oxygen atoms in total. The van der Waals surface area contributed by atoms with E-state index in [0.29, 0.717) is 0 Å². The molecule has 0 amide bonds. The number of benzene rings is 1. The van der Waals surface area contributed by atoms with E-state index in [2.05, 4.69) is 56.1 Å². The van der Waals surface area contributed by atoms with Crippen molar-refractivity contribution in [1.29, 1.82) is 0 Å². The molecule has 1 aliphatic carbocycles. The van der Waals surface area contributed by atoms with E-state index in [1.807, 2.05) is 6.07 Å². The summed E-state index contributed by atoms with van der Waals surface area (Å²) < 4.78 is 2.26. The minimum Gasteiger partial charge on any atom is -0.251 e. The van der Waals surface area contributed by atoms with Gasteiger partial charge < -0.3 is 0 Å². The van der Waals surface area contributed by atoms with Gasteiger partial charge >= 0.3 is 0 Å². The number of hydrogen-bond acceptors (Lipinski definition) is 2. The fraction of sp³-hybridized carbons (Fsp3) is 0.0833. The molecule has 0 unspecified atom stereocenters. The molecule has 0 fully saturated rings. The van der Waals surface area contributed by atoms with Crippen molar-refractivity contribution in [2.24, 2.45) is 4.99 Å². The van der Waals surface area contributed by atoms with Crippen molar-refractivity contribution in [1.82, 2.24) is 0 Å². The lowest BCUT2D eigenvalue weighted by Crippen LogP contribution is -2.06. The summed E-state index contributed by atoms with van der Waals surface area (Å²) in [5, 5.41) is 0. The molecule has 0 N–H and O–H groups in total. The Balaban J connectivity index is 2.14. The molecule has 0 saturated carbocycles. The molecule has 0 aromatic heterocycles. The molecule has 0 bridgehead atoms. The first-order valence-corrected chi connectivity index (χ1v) is 7.26. The Kier molecular flexibility index (Phi) is 2.81. The Bertz CT molecular complexity index is 558. The fourth-order valence-corrected chi connectivity index (χ4v) is 3.87. The highest BCUT2D eigenvalue weighted by atomic mass is 79.9. The molecule has 16 heavy (non-hydrogen) atoms. The monoisotopic (exact) mass is 355 g/mol. The molecular weight excluding hydrogens is 350 g/mol. The first kappa shape index (κ1) is 10.8. The Labute approximate surface area is 115 Å². The van der Waals surface area contributed by atoms with E-state index in [1.54, 1.807) is 11.8 Å². The number of halogens is 2. The van der Waals surface area contributed by atoms with Crippen LogP contribution in [0.2, 0.25) is 0 Å². The van der Waals surface area contributed by atoms with Gasteiger partial charge in [0.2, 0.25) is 0 Å². The molecule has 1 aromatic carbocycles. The highest BCUT2D eigenvalue weighted by Crippen LogP contribution is 2.46. The van der Waals surface area contributed by atoms with Gasteiger partial charge in [-0.2, -0.15) is 0 Å². The van der Waals surface area contributed by atoms with Gasteiger partial charge in [0, 0.05) is 20.3 Å². The predicted molar refractivity (Wildman–Crippen MR) is 76.8 cm³/mol. The van der Waals surface area contributed by atoms with Crippen molar-refractivity contribution in [3.05, 3.63) is 44.2 Å². The van der Waals surface area contributed by atoms with Gasteiger partial charge in [0.1, 0.15) is 0 Å². The van der Waals surface area contributed by atoms with E-state index in [9.17, 15) is 0 Å². The maximum absolute atomic E-state index is 4.69. The third-order valence-corrected chi connectivity index (χ3v) is 5.14. The summed E-state index contributed by atoms with van der Waals surface area (Å²) in [6.45, 7) is 0. The van der Waals surface area contributed by atoms with Crippen molar-refractivity contribution in [3.8, 4) is 0 Å². The zero-order valence-corrected chi connectivity index (χ0v) is 12.2. The molecule has 0 spiro atoms. The number of hydrogen-bond donors (Lipinski definition) is 0. The molecule has 3 rings (SSSR count). The zero-order valence-electron chi connectivity index (χ0n) is 8.21. The van der Waals surface area contributed by atoms with Crippen molar-refractivity contribution in [3.63, 3.8) is 0 Å². The van der Waals surface area contributed by atoms with Gasteiger partial charge in [-0.1, -0.05) is 39.8 Å². The van der Waals surface area contributed by atoms with Crippen LogP contribution in [-0.4, -0.2) is 5.71 Å². The minimum absolute atomic E-state index is 0.908. The predicted octanol–water partition coefficient (Wildman–Crippen LogP) is 5.19. The quantitative estimate of drug-likeness (QED) is 0.622. The SMILES string of the molecule is BrC1=CCC2=Nc3cccc(Br)c3SC2=C1. The Morgan fingerprint density at radius 2 is 2.12 bits per heavy atom. The first-order chi connectivity index (χ1) is 7.74. The second-order valence-corrected chi connectivity index (χ2v) is 6.37. The van der Waals surface area contributed by atoms with Crippen molar-refractivity contribution < 1.29 is 0 Å². The maximum atomic E-state index is 4.69. The second kappa shape index (κ2) is 4.17. The summed E-state index contributed by atoms with van der Waals surface area (Å²) in [4.78, 5) is 7.15. The maximum Gasteiger partial charge on any atom is 0.0784 e. The summed E-state index contributed by atoms with van der Waals surface area (Å²) in [7, 11) is 0. The number of fused-ring (bicyclic) bond motifs is 2. The van der Waals surface area contributed by atoms with Gasteiger partial charge in [-0.25, -0.2) is 0 Å². The van der Waals surface area contributed by atoms with Gasteiger partial charge in [-0.3, -0.25) is 4.99 Å². The number of aliphatic imine (C=N–C) groups is 1. The van der Waals surface area contributed by atoms with Crippen LogP contribution >= 0.6 is 43.6 Å². The van der Waals surface area contributed by atoms with Gasteiger partial charge in [0.25, 0.3) is 0 Å². The van der Waals surface area contributed by atoms with Crippen LogP contribution < -0.4 is 0 Å².